The van der Waals surface area contributed by atoms with E-state index in [4.69, 9.17) is 27.9 Å². The molecule has 0 fully saturated rings. The van der Waals surface area contributed by atoms with E-state index in [2.05, 4.69) is 17.4 Å². The molecule has 0 radical (unpaired) electrons. The molecule has 0 unspecified atom stereocenters. The van der Waals surface area contributed by atoms with Gasteiger partial charge in [-0.2, -0.15) is 0 Å². The Morgan fingerprint density at radius 3 is 2.19 bits per heavy atom. The average molecular weight is 470 g/mol. The maximum absolute atomic E-state index is 12.4. The molecule has 1 aliphatic rings. The number of amides is 1. The zero-order valence-electron chi connectivity index (χ0n) is 17.1. The Kier molecular flexibility index (Phi) is 6.68. The fourth-order valence-corrected chi connectivity index (χ4v) is 4.47. The Labute approximate surface area is 195 Å². The van der Waals surface area contributed by atoms with Gasteiger partial charge < -0.3 is 15.2 Å². The Morgan fingerprint density at radius 2 is 1.56 bits per heavy atom. The van der Waals surface area contributed by atoms with Crippen molar-refractivity contribution in [2.75, 3.05) is 13.2 Å². The van der Waals surface area contributed by atoms with Crippen molar-refractivity contribution in [3.8, 4) is 11.1 Å². The molecule has 0 bridgehead atoms. The van der Waals surface area contributed by atoms with Crippen LogP contribution in [-0.2, 0) is 16.0 Å². The average Bonchev–Trinajstić information content (AvgIpc) is 3.11. The van der Waals surface area contributed by atoms with Gasteiger partial charge in [-0.1, -0.05) is 83.9 Å². The van der Waals surface area contributed by atoms with E-state index in [1.807, 2.05) is 36.4 Å². The lowest BCUT2D eigenvalue weighted by atomic mass is 9.98. The minimum absolute atomic E-state index is 0.0614. The first-order valence-corrected chi connectivity index (χ1v) is 11.0. The summed E-state index contributed by atoms with van der Waals surface area (Å²) < 4.78 is 5.47. The van der Waals surface area contributed by atoms with Crippen molar-refractivity contribution in [3.05, 3.63) is 93.5 Å². The molecule has 0 spiro atoms. The summed E-state index contributed by atoms with van der Waals surface area (Å²) in [6.45, 7) is 0.0760. The molecule has 4 rings (SSSR count). The topological polar surface area (TPSA) is 75.6 Å². The maximum Gasteiger partial charge on any atom is 0.407 e. The first-order valence-electron chi connectivity index (χ1n) is 10.2. The number of hydrogen-bond acceptors (Lipinski definition) is 3. The van der Waals surface area contributed by atoms with Gasteiger partial charge >= 0.3 is 12.1 Å². The van der Waals surface area contributed by atoms with Gasteiger partial charge in [-0.05, 0) is 40.3 Å². The molecule has 1 amide bonds. The number of carboxylic acid groups (broad SMARTS) is 1. The molecule has 2 N–H and O–H groups in total. The highest BCUT2D eigenvalue weighted by molar-refractivity contribution is 6.42. The highest BCUT2D eigenvalue weighted by Gasteiger charge is 2.29. The van der Waals surface area contributed by atoms with Crippen molar-refractivity contribution in [3.63, 3.8) is 0 Å². The van der Waals surface area contributed by atoms with Crippen LogP contribution in [0.3, 0.4) is 0 Å². The minimum atomic E-state index is -1.04. The number of rotatable bonds is 7. The summed E-state index contributed by atoms with van der Waals surface area (Å²) in [6.07, 6.45) is -0.520. The van der Waals surface area contributed by atoms with Gasteiger partial charge in [0.15, 0.2) is 0 Å². The number of hydrogen-bond donors (Lipinski definition) is 2. The molecule has 7 heteroatoms. The third-order valence-electron chi connectivity index (χ3n) is 5.68. The second-order valence-electron chi connectivity index (χ2n) is 7.66. The quantitative estimate of drug-likeness (QED) is 0.460. The first kappa shape index (κ1) is 22.2. The molecule has 0 aliphatic heterocycles. The van der Waals surface area contributed by atoms with E-state index in [1.165, 1.54) is 0 Å². The number of fused-ring (bicyclic) bond motifs is 3. The molecule has 0 aromatic heterocycles. The van der Waals surface area contributed by atoms with Crippen LogP contribution in [0.2, 0.25) is 10.0 Å². The fourth-order valence-electron chi connectivity index (χ4n) is 4.07. The third kappa shape index (κ3) is 4.59. The number of carbonyl (C=O) groups is 2. The highest BCUT2D eigenvalue weighted by Crippen LogP contribution is 2.44. The molecule has 5 nitrogen and oxygen atoms in total. The molecular weight excluding hydrogens is 449 g/mol. The Hall–Kier alpha value is -3.02. The molecule has 0 heterocycles. The summed E-state index contributed by atoms with van der Waals surface area (Å²) in [5, 5.41) is 12.8. The van der Waals surface area contributed by atoms with Gasteiger partial charge in [0, 0.05) is 12.5 Å². The number of alkyl carbamates (subject to hydrolysis) is 1. The molecule has 1 atom stereocenters. The van der Waals surface area contributed by atoms with E-state index >= 15 is 0 Å². The van der Waals surface area contributed by atoms with Crippen LogP contribution in [0, 0.1) is 5.92 Å². The van der Waals surface area contributed by atoms with Gasteiger partial charge in [0.1, 0.15) is 6.61 Å². The van der Waals surface area contributed by atoms with Crippen molar-refractivity contribution in [2.45, 2.75) is 12.3 Å². The SMILES string of the molecule is O=C(NC[C@@H](Cc1cccc(Cl)c1Cl)C(=O)O)OCC1c2ccccc2-c2ccccc21. The van der Waals surface area contributed by atoms with Crippen molar-refractivity contribution >= 4 is 35.3 Å². The predicted molar refractivity (Wildman–Crippen MR) is 124 cm³/mol. The lowest BCUT2D eigenvalue weighted by Crippen LogP contribution is -2.35. The summed E-state index contributed by atoms with van der Waals surface area (Å²) in [4.78, 5) is 24.0. The Bertz CT molecular complexity index is 1120. The number of carboxylic acids is 1. The summed E-state index contributed by atoms with van der Waals surface area (Å²) in [5.74, 6) is -1.97. The monoisotopic (exact) mass is 469 g/mol. The Morgan fingerprint density at radius 1 is 0.938 bits per heavy atom. The van der Waals surface area contributed by atoms with Gasteiger partial charge in [-0.3, -0.25) is 4.79 Å². The summed E-state index contributed by atoms with van der Waals surface area (Å²) in [5.41, 5.74) is 5.12. The van der Waals surface area contributed by atoms with Crippen molar-refractivity contribution in [2.24, 2.45) is 5.92 Å². The number of carbonyl (C=O) groups excluding carboxylic acids is 1. The van der Waals surface area contributed by atoms with Gasteiger partial charge in [-0.15, -0.1) is 0 Å². The van der Waals surface area contributed by atoms with Crippen LogP contribution < -0.4 is 5.32 Å². The van der Waals surface area contributed by atoms with Crippen molar-refractivity contribution in [1.29, 1.82) is 0 Å². The van der Waals surface area contributed by atoms with Crippen LogP contribution in [-0.4, -0.2) is 30.3 Å². The predicted octanol–water partition coefficient (Wildman–Crippen LogP) is 5.78. The van der Waals surface area contributed by atoms with Gasteiger partial charge in [0.25, 0.3) is 0 Å². The standard InChI is InChI=1S/C25H21Cl2NO4/c26-22-11-5-6-15(23(22)27)12-16(24(29)30)13-28-25(31)32-14-21-19-9-3-1-7-17(19)18-8-2-4-10-20(18)21/h1-11,16,21H,12-14H2,(H,28,31)(H,29,30)/t16-/m1/s1. The highest BCUT2D eigenvalue weighted by atomic mass is 35.5. The molecular formula is C25H21Cl2NO4. The van der Waals surface area contributed by atoms with Gasteiger partial charge in [-0.25, -0.2) is 4.79 Å². The number of aliphatic carboxylic acids is 1. The van der Waals surface area contributed by atoms with Crippen LogP contribution in [0.15, 0.2) is 66.7 Å². The van der Waals surface area contributed by atoms with E-state index < -0.39 is 18.0 Å². The van der Waals surface area contributed by atoms with E-state index in [0.29, 0.717) is 15.6 Å². The molecule has 164 valence electrons. The van der Waals surface area contributed by atoms with Gasteiger partial charge in [0.2, 0.25) is 0 Å². The zero-order valence-corrected chi connectivity index (χ0v) is 18.6. The van der Waals surface area contributed by atoms with Crippen LogP contribution in [0.4, 0.5) is 4.79 Å². The van der Waals surface area contributed by atoms with Crippen LogP contribution in [0.5, 0.6) is 0 Å². The second kappa shape index (κ2) is 9.63. The second-order valence-corrected chi connectivity index (χ2v) is 8.44. The number of ether oxygens (including phenoxy) is 1. The molecule has 0 saturated heterocycles. The van der Waals surface area contributed by atoms with Crippen molar-refractivity contribution in [1.82, 2.24) is 5.32 Å². The zero-order chi connectivity index (χ0) is 22.7. The molecule has 3 aromatic rings. The molecule has 3 aromatic carbocycles. The first-order chi connectivity index (χ1) is 15.5. The van der Waals surface area contributed by atoms with E-state index in [-0.39, 0.29) is 25.5 Å². The molecule has 0 saturated carbocycles. The van der Waals surface area contributed by atoms with Crippen LogP contribution in [0.25, 0.3) is 11.1 Å². The van der Waals surface area contributed by atoms with Gasteiger partial charge in [0.05, 0.1) is 16.0 Å². The lowest BCUT2D eigenvalue weighted by Gasteiger charge is -2.17. The number of nitrogens with one attached hydrogen (secondary N) is 1. The smallest absolute Gasteiger partial charge is 0.407 e. The summed E-state index contributed by atoms with van der Waals surface area (Å²) >= 11 is 12.2. The fraction of sp³-hybridized carbons (Fsp3) is 0.200. The van der Waals surface area contributed by atoms with E-state index in [1.54, 1.807) is 18.2 Å². The van der Waals surface area contributed by atoms with E-state index in [9.17, 15) is 14.7 Å². The number of benzene rings is 3. The maximum atomic E-state index is 12.4. The summed E-state index contributed by atoms with van der Waals surface area (Å²) in [7, 11) is 0. The lowest BCUT2D eigenvalue weighted by molar-refractivity contribution is -0.141. The molecule has 1 aliphatic carbocycles. The largest absolute Gasteiger partial charge is 0.481 e. The van der Waals surface area contributed by atoms with Crippen LogP contribution >= 0.6 is 23.2 Å². The minimum Gasteiger partial charge on any atom is -0.481 e. The van der Waals surface area contributed by atoms with Crippen molar-refractivity contribution < 1.29 is 19.4 Å². The molecule has 32 heavy (non-hydrogen) atoms. The Balaban J connectivity index is 1.38. The third-order valence-corrected chi connectivity index (χ3v) is 6.54. The summed E-state index contributed by atoms with van der Waals surface area (Å²) in [6, 6.07) is 21.2. The normalized spacial score (nSPS) is 13.2. The number of halogens is 2. The van der Waals surface area contributed by atoms with Crippen LogP contribution in [0.1, 0.15) is 22.6 Å². The van der Waals surface area contributed by atoms with E-state index in [0.717, 1.165) is 22.3 Å².